The predicted molar refractivity (Wildman–Crippen MR) is 84.9 cm³/mol. The third kappa shape index (κ3) is 2.22. The van der Waals surface area contributed by atoms with E-state index in [0.717, 1.165) is 4.40 Å². The minimum atomic E-state index is -0.973. The van der Waals surface area contributed by atoms with Gasteiger partial charge in [0.25, 0.3) is 0 Å². The molecular weight excluding hydrogens is 247 g/mol. The summed E-state index contributed by atoms with van der Waals surface area (Å²) in [5, 5.41) is 1.17. The van der Waals surface area contributed by atoms with E-state index >= 15 is 0 Å². The molecule has 2 unspecified atom stereocenters. The summed E-state index contributed by atoms with van der Waals surface area (Å²) in [5.41, 5.74) is 0. The fraction of sp³-hybridized carbons (Fsp3) is 1.00. The fourth-order valence-electron chi connectivity index (χ4n) is 3.48. The Morgan fingerprint density at radius 3 is 1.13 bits per heavy atom. The minimum absolute atomic E-state index is 0.893. The van der Waals surface area contributed by atoms with Gasteiger partial charge in [0.05, 0.1) is 24.2 Å². The molecule has 0 nitrogen and oxygen atoms in total. The van der Waals surface area contributed by atoms with Crippen LogP contribution in [0.4, 0.5) is 0 Å². The third-order valence-corrected chi connectivity index (χ3v) is 26.9. The van der Waals surface area contributed by atoms with E-state index in [1.807, 2.05) is 0 Å². The van der Waals surface area contributed by atoms with Crippen molar-refractivity contribution < 1.29 is 0 Å². The largest absolute Gasteiger partial charge is 0.120 e. The van der Waals surface area contributed by atoms with Crippen molar-refractivity contribution in [2.75, 3.05) is 0 Å². The Morgan fingerprint density at radius 1 is 0.733 bits per heavy atom. The van der Waals surface area contributed by atoms with Crippen molar-refractivity contribution in [3.8, 4) is 0 Å². The molecule has 1 heterocycles. The van der Waals surface area contributed by atoms with Gasteiger partial charge in [-0.15, -0.1) is 8.58 Å². The second-order valence-electron chi connectivity index (χ2n) is 8.25. The summed E-state index contributed by atoms with van der Waals surface area (Å²) in [5.74, 6) is 0. The molecule has 0 N–H and O–H groups in total. The lowest BCUT2D eigenvalue weighted by Crippen LogP contribution is -2.61. The molecule has 0 aromatic carbocycles. The summed E-state index contributed by atoms with van der Waals surface area (Å²) >= 11 is 0. The number of hydrogen-bond donors (Lipinski definition) is 0. The Hall–Kier alpha value is 1.08. The molecule has 4 heteroatoms. The van der Waals surface area contributed by atoms with Crippen molar-refractivity contribution in [3.05, 3.63) is 0 Å². The van der Waals surface area contributed by atoms with Crippen LogP contribution in [0.2, 0.25) is 58.9 Å². The summed E-state index contributed by atoms with van der Waals surface area (Å²) in [6, 6.07) is 0. The lowest BCUT2D eigenvalue weighted by atomic mass is 10.9. The first-order valence-corrected chi connectivity index (χ1v) is 17.8. The SMILES string of the molecule is C[Si](C)(C)C1PC1([Si](C)(C)C)[Si](C)(C)C. The molecule has 90 valence electrons. The van der Waals surface area contributed by atoms with Crippen molar-refractivity contribution in [2.45, 2.75) is 68.6 Å². The Balaban J connectivity index is 3.08. The molecule has 0 radical (unpaired) electrons. The van der Waals surface area contributed by atoms with E-state index in [0.29, 0.717) is 0 Å². The molecule has 0 aliphatic carbocycles. The van der Waals surface area contributed by atoms with Gasteiger partial charge in [-0.3, -0.25) is 0 Å². The summed E-state index contributed by atoms with van der Waals surface area (Å²) in [6.07, 6.45) is 0. The van der Waals surface area contributed by atoms with Crippen LogP contribution in [0.5, 0.6) is 0 Å². The lowest BCUT2D eigenvalue weighted by Gasteiger charge is -2.42. The molecule has 0 saturated carbocycles. The van der Waals surface area contributed by atoms with E-state index in [2.05, 4.69) is 58.9 Å². The van der Waals surface area contributed by atoms with Crippen molar-refractivity contribution in [1.29, 1.82) is 0 Å². The summed E-state index contributed by atoms with van der Waals surface area (Å²) in [4.78, 5) is 0. The van der Waals surface area contributed by atoms with Gasteiger partial charge >= 0.3 is 0 Å². The lowest BCUT2D eigenvalue weighted by molar-refractivity contribution is 1.15. The highest BCUT2D eigenvalue weighted by Gasteiger charge is 2.70. The maximum atomic E-state index is 2.62. The van der Waals surface area contributed by atoms with Crippen LogP contribution < -0.4 is 0 Å². The van der Waals surface area contributed by atoms with Crippen molar-refractivity contribution >= 4 is 32.8 Å². The van der Waals surface area contributed by atoms with Gasteiger partial charge < -0.3 is 0 Å². The highest BCUT2D eigenvalue weighted by molar-refractivity contribution is 7.66. The van der Waals surface area contributed by atoms with Crippen LogP contribution in [0.3, 0.4) is 0 Å². The minimum Gasteiger partial charge on any atom is -0.120 e. The molecule has 1 saturated heterocycles. The van der Waals surface area contributed by atoms with Crippen molar-refractivity contribution in [2.24, 2.45) is 0 Å². The predicted octanol–water partition coefficient (Wildman–Crippen LogP) is 4.42. The molecule has 1 fully saturated rings. The number of rotatable bonds is 3. The van der Waals surface area contributed by atoms with E-state index in [-0.39, 0.29) is 0 Å². The van der Waals surface area contributed by atoms with E-state index in [1.165, 1.54) is 13.9 Å². The quantitative estimate of drug-likeness (QED) is 0.529. The zero-order valence-electron chi connectivity index (χ0n) is 12.1. The highest BCUT2D eigenvalue weighted by atomic mass is 31.1. The molecule has 1 aliphatic heterocycles. The molecular formula is C11H29PSi3. The van der Waals surface area contributed by atoms with Crippen molar-refractivity contribution in [1.82, 2.24) is 0 Å². The van der Waals surface area contributed by atoms with Gasteiger partial charge in [-0.2, -0.15) is 0 Å². The van der Waals surface area contributed by atoms with Gasteiger partial charge in [0, 0.05) is 0 Å². The van der Waals surface area contributed by atoms with E-state index in [9.17, 15) is 0 Å². The van der Waals surface area contributed by atoms with E-state index in [1.54, 1.807) is 0 Å². The van der Waals surface area contributed by atoms with Gasteiger partial charge in [0.2, 0.25) is 0 Å². The maximum absolute atomic E-state index is 2.62. The fourth-order valence-corrected chi connectivity index (χ4v) is 32.6. The standard InChI is InChI=1S/C11H29PSi3/c1-13(2,3)10-11(12-10,14(4,5)6)15(7,8)9/h10,12H,1-9H3. The van der Waals surface area contributed by atoms with Crippen molar-refractivity contribution in [3.63, 3.8) is 0 Å². The van der Waals surface area contributed by atoms with Crippen LogP contribution in [0.15, 0.2) is 0 Å². The van der Waals surface area contributed by atoms with Crippen LogP contribution in [0, 0.1) is 0 Å². The zero-order valence-corrected chi connectivity index (χ0v) is 16.1. The van der Waals surface area contributed by atoms with Gasteiger partial charge in [-0.05, 0) is 9.68 Å². The van der Waals surface area contributed by atoms with Gasteiger partial charge in [0.1, 0.15) is 0 Å². The topological polar surface area (TPSA) is 0 Å². The molecule has 0 aromatic rings. The smallest absolute Gasteiger partial charge is 0.0527 e. The summed E-state index contributed by atoms with van der Waals surface area (Å²) < 4.78 is 0.893. The average Bonchev–Trinajstić information content (AvgIpc) is 2.51. The third-order valence-electron chi connectivity index (χ3n) is 3.95. The van der Waals surface area contributed by atoms with Crippen LogP contribution in [-0.4, -0.2) is 33.9 Å². The first kappa shape index (κ1) is 14.1. The first-order chi connectivity index (χ1) is 6.34. The Kier molecular flexibility index (Phi) is 3.33. The molecule has 1 rings (SSSR count). The number of hydrogen-bond acceptors (Lipinski definition) is 0. The summed E-state index contributed by atoms with van der Waals surface area (Å²) in [7, 11) is -1.52. The highest BCUT2D eigenvalue weighted by Crippen LogP contribution is 2.71. The Morgan fingerprint density at radius 2 is 1.07 bits per heavy atom. The van der Waals surface area contributed by atoms with Crippen LogP contribution in [-0.2, 0) is 0 Å². The second kappa shape index (κ2) is 3.54. The molecule has 0 bridgehead atoms. The first-order valence-electron chi connectivity index (χ1n) is 6.12. The Labute approximate surface area is 101 Å². The van der Waals surface area contributed by atoms with Crippen LogP contribution in [0.25, 0.3) is 0 Å². The normalized spacial score (nSPS) is 28.2. The monoisotopic (exact) mass is 276 g/mol. The van der Waals surface area contributed by atoms with Gasteiger partial charge in [-0.1, -0.05) is 58.9 Å². The van der Waals surface area contributed by atoms with E-state index in [4.69, 9.17) is 0 Å². The molecule has 15 heavy (non-hydrogen) atoms. The Bertz CT molecular complexity index is 240. The summed E-state index contributed by atoms with van der Waals surface area (Å²) in [6.45, 7) is 23.5. The van der Waals surface area contributed by atoms with Gasteiger partial charge in [-0.25, -0.2) is 0 Å². The van der Waals surface area contributed by atoms with Crippen LogP contribution in [0.1, 0.15) is 0 Å². The molecule has 0 spiro atoms. The maximum Gasteiger partial charge on any atom is 0.0527 e. The van der Waals surface area contributed by atoms with Crippen LogP contribution >= 0.6 is 8.58 Å². The van der Waals surface area contributed by atoms with E-state index < -0.39 is 24.2 Å². The molecule has 1 aliphatic rings. The average molecular weight is 277 g/mol. The zero-order chi connectivity index (χ0) is 12.3. The molecule has 2 atom stereocenters. The second-order valence-corrected chi connectivity index (χ2v) is 27.9. The molecule has 0 amide bonds. The van der Waals surface area contributed by atoms with Gasteiger partial charge in [0.15, 0.2) is 0 Å². The molecule has 0 aromatic heterocycles.